The molecule has 0 heterocycles. The summed E-state index contributed by atoms with van der Waals surface area (Å²) in [7, 11) is 0. The molecule has 0 aliphatic heterocycles. The van der Waals surface area contributed by atoms with Crippen LogP contribution in [-0.4, -0.2) is 23.0 Å². The van der Waals surface area contributed by atoms with E-state index in [4.69, 9.17) is 0 Å². The lowest BCUT2D eigenvalue weighted by Gasteiger charge is -2.01. The van der Waals surface area contributed by atoms with E-state index in [2.05, 4.69) is 10.5 Å². The number of rotatable bonds is 5. The third-order valence-corrected chi connectivity index (χ3v) is 3.45. The quantitative estimate of drug-likeness (QED) is 0.504. The standard InChI is InChI=1S/C15H14N2O2S/c18-14-9-5-4-6-12(14)10-16-17-15(19)11-20-13-7-2-1-3-8-13/h1-10,18H,11H2,(H,17,19)/b16-10-. The van der Waals surface area contributed by atoms with E-state index in [1.807, 2.05) is 30.3 Å². The van der Waals surface area contributed by atoms with Crippen molar-refractivity contribution in [1.29, 1.82) is 0 Å². The Labute approximate surface area is 121 Å². The highest BCUT2D eigenvalue weighted by molar-refractivity contribution is 8.00. The maximum Gasteiger partial charge on any atom is 0.250 e. The normalized spacial score (nSPS) is 10.6. The first-order valence-corrected chi connectivity index (χ1v) is 7.02. The van der Waals surface area contributed by atoms with Crippen LogP contribution < -0.4 is 5.43 Å². The topological polar surface area (TPSA) is 61.7 Å². The minimum atomic E-state index is -0.189. The molecular weight excluding hydrogens is 272 g/mol. The van der Waals surface area contributed by atoms with E-state index in [-0.39, 0.29) is 11.7 Å². The van der Waals surface area contributed by atoms with Gasteiger partial charge in [0.05, 0.1) is 12.0 Å². The summed E-state index contributed by atoms with van der Waals surface area (Å²) < 4.78 is 0. The van der Waals surface area contributed by atoms with E-state index in [9.17, 15) is 9.90 Å². The van der Waals surface area contributed by atoms with Crippen molar-refractivity contribution in [3.8, 4) is 5.75 Å². The van der Waals surface area contributed by atoms with E-state index in [1.54, 1.807) is 24.3 Å². The maximum absolute atomic E-state index is 11.6. The molecule has 0 radical (unpaired) electrons. The molecule has 2 aromatic carbocycles. The monoisotopic (exact) mass is 286 g/mol. The number of aromatic hydroxyl groups is 1. The number of carbonyl (C=O) groups excluding carboxylic acids is 1. The molecule has 0 aliphatic rings. The Balaban J connectivity index is 1.79. The zero-order chi connectivity index (χ0) is 14.2. The average molecular weight is 286 g/mol. The fraction of sp³-hybridized carbons (Fsp3) is 0.0667. The van der Waals surface area contributed by atoms with E-state index in [0.717, 1.165) is 4.90 Å². The van der Waals surface area contributed by atoms with Crippen molar-refractivity contribution in [3.05, 3.63) is 60.2 Å². The van der Waals surface area contributed by atoms with Gasteiger partial charge < -0.3 is 5.11 Å². The zero-order valence-corrected chi connectivity index (χ0v) is 11.5. The van der Waals surface area contributed by atoms with Crippen molar-refractivity contribution in [2.45, 2.75) is 4.90 Å². The van der Waals surface area contributed by atoms with E-state index in [0.29, 0.717) is 11.3 Å². The molecule has 0 atom stereocenters. The Morgan fingerprint density at radius 1 is 1.15 bits per heavy atom. The third kappa shape index (κ3) is 4.44. The smallest absolute Gasteiger partial charge is 0.250 e. The van der Waals surface area contributed by atoms with Crippen molar-refractivity contribution < 1.29 is 9.90 Å². The summed E-state index contributed by atoms with van der Waals surface area (Å²) in [5.74, 6) is 0.233. The summed E-state index contributed by atoms with van der Waals surface area (Å²) in [5.41, 5.74) is 2.99. The van der Waals surface area contributed by atoms with Crippen LogP contribution in [0.1, 0.15) is 5.56 Å². The molecule has 0 spiro atoms. The fourth-order valence-electron chi connectivity index (χ4n) is 1.47. The van der Waals surface area contributed by atoms with Gasteiger partial charge in [0.15, 0.2) is 0 Å². The lowest BCUT2D eigenvalue weighted by molar-refractivity contribution is -0.118. The predicted octanol–water partition coefficient (Wildman–Crippen LogP) is 2.63. The number of amides is 1. The summed E-state index contributed by atoms with van der Waals surface area (Å²) >= 11 is 1.44. The molecule has 0 aliphatic carbocycles. The highest BCUT2D eigenvalue weighted by atomic mass is 32.2. The lowest BCUT2D eigenvalue weighted by Crippen LogP contribution is -2.19. The number of para-hydroxylation sites is 1. The Bertz CT molecular complexity index is 600. The second-order valence-corrected chi connectivity index (χ2v) is 5.00. The minimum absolute atomic E-state index is 0.129. The molecule has 2 rings (SSSR count). The Kier molecular flexibility index (Phi) is 5.20. The van der Waals surface area contributed by atoms with Gasteiger partial charge in [-0.25, -0.2) is 5.43 Å². The van der Waals surface area contributed by atoms with Gasteiger partial charge in [-0.2, -0.15) is 5.10 Å². The number of nitrogens with one attached hydrogen (secondary N) is 1. The van der Waals surface area contributed by atoms with Gasteiger partial charge >= 0.3 is 0 Å². The second kappa shape index (κ2) is 7.35. The number of hydrogen-bond acceptors (Lipinski definition) is 4. The van der Waals surface area contributed by atoms with Gasteiger partial charge in [-0.05, 0) is 24.3 Å². The molecule has 2 N–H and O–H groups in total. The molecule has 102 valence electrons. The number of benzene rings is 2. The zero-order valence-electron chi connectivity index (χ0n) is 10.7. The van der Waals surface area contributed by atoms with Gasteiger partial charge in [-0.3, -0.25) is 4.79 Å². The summed E-state index contributed by atoms with van der Waals surface area (Å²) in [6, 6.07) is 16.5. The number of carbonyl (C=O) groups is 1. The third-order valence-electron chi connectivity index (χ3n) is 2.44. The van der Waals surface area contributed by atoms with Crippen molar-refractivity contribution >= 4 is 23.9 Å². The molecule has 0 bridgehead atoms. The number of thioether (sulfide) groups is 1. The number of hydrogen-bond donors (Lipinski definition) is 2. The van der Waals surface area contributed by atoms with Crippen molar-refractivity contribution in [3.63, 3.8) is 0 Å². The maximum atomic E-state index is 11.6. The Hall–Kier alpha value is -2.27. The summed E-state index contributed by atoms with van der Waals surface area (Å²) in [6.07, 6.45) is 1.42. The van der Waals surface area contributed by atoms with E-state index < -0.39 is 0 Å². The van der Waals surface area contributed by atoms with Crippen LogP contribution in [0.4, 0.5) is 0 Å². The molecule has 0 unspecified atom stereocenters. The van der Waals surface area contributed by atoms with Gasteiger partial charge in [0.2, 0.25) is 5.91 Å². The molecule has 0 saturated heterocycles. The van der Waals surface area contributed by atoms with Crippen LogP contribution in [-0.2, 0) is 4.79 Å². The predicted molar refractivity (Wildman–Crippen MR) is 81.0 cm³/mol. The van der Waals surface area contributed by atoms with Gasteiger partial charge in [0, 0.05) is 10.5 Å². The first-order chi connectivity index (χ1) is 9.75. The summed E-state index contributed by atoms with van der Waals surface area (Å²) in [6.45, 7) is 0. The molecule has 20 heavy (non-hydrogen) atoms. The van der Waals surface area contributed by atoms with E-state index >= 15 is 0 Å². The highest BCUT2D eigenvalue weighted by Gasteiger charge is 2.01. The molecule has 4 nitrogen and oxygen atoms in total. The van der Waals surface area contributed by atoms with Crippen LogP contribution in [0.25, 0.3) is 0 Å². The van der Waals surface area contributed by atoms with Crippen molar-refractivity contribution in [2.24, 2.45) is 5.10 Å². The molecule has 0 aromatic heterocycles. The first kappa shape index (κ1) is 14.1. The largest absolute Gasteiger partial charge is 0.507 e. The molecule has 1 amide bonds. The van der Waals surface area contributed by atoms with Gasteiger partial charge in [-0.15, -0.1) is 11.8 Å². The minimum Gasteiger partial charge on any atom is -0.507 e. The lowest BCUT2D eigenvalue weighted by atomic mass is 10.2. The van der Waals surface area contributed by atoms with Crippen LogP contribution in [0.15, 0.2) is 64.6 Å². The van der Waals surface area contributed by atoms with Crippen LogP contribution in [0, 0.1) is 0 Å². The van der Waals surface area contributed by atoms with Gasteiger partial charge in [0.25, 0.3) is 0 Å². The fourth-order valence-corrected chi connectivity index (χ4v) is 2.18. The number of nitrogens with zero attached hydrogens (tertiary/aromatic N) is 1. The average Bonchev–Trinajstić information content (AvgIpc) is 2.48. The van der Waals surface area contributed by atoms with Crippen LogP contribution in [0.2, 0.25) is 0 Å². The number of hydrazone groups is 1. The van der Waals surface area contributed by atoms with Crippen molar-refractivity contribution in [1.82, 2.24) is 5.43 Å². The van der Waals surface area contributed by atoms with Crippen LogP contribution >= 0.6 is 11.8 Å². The van der Waals surface area contributed by atoms with Crippen LogP contribution in [0.5, 0.6) is 5.75 Å². The van der Waals surface area contributed by atoms with Crippen LogP contribution in [0.3, 0.4) is 0 Å². The summed E-state index contributed by atoms with van der Waals surface area (Å²) in [4.78, 5) is 12.6. The first-order valence-electron chi connectivity index (χ1n) is 6.03. The molecule has 0 fully saturated rings. The highest BCUT2D eigenvalue weighted by Crippen LogP contribution is 2.16. The summed E-state index contributed by atoms with van der Waals surface area (Å²) in [5, 5.41) is 13.3. The number of phenolic OH excluding ortho intramolecular Hbond substituents is 1. The molecular formula is C15H14N2O2S. The van der Waals surface area contributed by atoms with Gasteiger partial charge in [0.1, 0.15) is 5.75 Å². The molecule has 2 aromatic rings. The Morgan fingerprint density at radius 2 is 1.85 bits per heavy atom. The number of phenols is 1. The second-order valence-electron chi connectivity index (χ2n) is 3.95. The van der Waals surface area contributed by atoms with Gasteiger partial charge in [-0.1, -0.05) is 30.3 Å². The molecule has 5 heteroatoms. The van der Waals surface area contributed by atoms with Crippen molar-refractivity contribution in [2.75, 3.05) is 5.75 Å². The molecule has 0 saturated carbocycles. The van der Waals surface area contributed by atoms with E-state index in [1.165, 1.54) is 18.0 Å². The Morgan fingerprint density at radius 3 is 2.60 bits per heavy atom. The SMILES string of the molecule is O=C(CSc1ccccc1)N/N=C\c1ccccc1O.